The standard InChI is InChI=1S/C22H19N5S/c1-15-24-13-18(21(23)25-15)14-28-22-26-19(16-8-4-2-5-9-16)12-20(27-22)17-10-6-3-7-11-17/h2-13H,14H2,1H3,(H2,23,24,25). The van der Waals surface area contributed by atoms with Crippen molar-refractivity contribution in [3.05, 3.63) is 84.3 Å². The number of thioether (sulfide) groups is 1. The van der Waals surface area contributed by atoms with Gasteiger partial charge in [-0.1, -0.05) is 72.4 Å². The van der Waals surface area contributed by atoms with Gasteiger partial charge in [-0.15, -0.1) is 0 Å². The summed E-state index contributed by atoms with van der Waals surface area (Å²) in [4.78, 5) is 18.0. The van der Waals surface area contributed by atoms with Crippen LogP contribution in [0.15, 0.2) is 78.1 Å². The van der Waals surface area contributed by atoms with E-state index >= 15 is 0 Å². The Balaban J connectivity index is 1.69. The number of hydrogen-bond donors (Lipinski definition) is 1. The number of rotatable bonds is 5. The van der Waals surface area contributed by atoms with Gasteiger partial charge in [0.15, 0.2) is 5.16 Å². The van der Waals surface area contributed by atoms with E-state index in [0.717, 1.165) is 28.1 Å². The topological polar surface area (TPSA) is 77.6 Å². The molecule has 0 fully saturated rings. The number of hydrogen-bond acceptors (Lipinski definition) is 6. The van der Waals surface area contributed by atoms with Crippen LogP contribution in [-0.4, -0.2) is 19.9 Å². The van der Waals surface area contributed by atoms with Gasteiger partial charge in [-0.3, -0.25) is 0 Å². The molecule has 0 unspecified atom stereocenters. The van der Waals surface area contributed by atoms with Gasteiger partial charge < -0.3 is 5.73 Å². The van der Waals surface area contributed by atoms with E-state index in [2.05, 4.69) is 34.2 Å². The summed E-state index contributed by atoms with van der Waals surface area (Å²) in [6, 6.07) is 22.3. The fourth-order valence-electron chi connectivity index (χ4n) is 2.77. The van der Waals surface area contributed by atoms with Gasteiger partial charge in [0.05, 0.1) is 11.4 Å². The molecule has 0 aliphatic carbocycles. The maximum Gasteiger partial charge on any atom is 0.189 e. The molecule has 0 saturated heterocycles. The van der Waals surface area contributed by atoms with Crippen molar-refractivity contribution in [1.82, 2.24) is 19.9 Å². The predicted molar refractivity (Wildman–Crippen MR) is 114 cm³/mol. The molecule has 0 amide bonds. The van der Waals surface area contributed by atoms with Crippen molar-refractivity contribution in [3.63, 3.8) is 0 Å². The molecule has 138 valence electrons. The summed E-state index contributed by atoms with van der Waals surface area (Å²) in [6.07, 6.45) is 1.77. The highest BCUT2D eigenvalue weighted by molar-refractivity contribution is 7.98. The summed E-state index contributed by atoms with van der Waals surface area (Å²) < 4.78 is 0. The number of aryl methyl sites for hydroxylation is 1. The Morgan fingerprint density at radius 3 is 1.93 bits per heavy atom. The molecule has 0 spiro atoms. The van der Waals surface area contributed by atoms with Crippen molar-refractivity contribution < 1.29 is 0 Å². The minimum atomic E-state index is 0.502. The summed E-state index contributed by atoms with van der Waals surface area (Å²) in [5.74, 6) is 1.78. The van der Waals surface area contributed by atoms with Crippen LogP contribution < -0.4 is 5.73 Å². The molecule has 0 radical (unpaired) electrons. The van der Waals surface area contributed by atoms with Gasteiger partial charge in [0.25, 0.3) is 0 Å². The van der Waals surface area contributed by atoms with Gasteiger partial charge in [0.2, 0.25) is 0 Å². The second kappa shape index (κ2) is 8.19. The van der Waals surface area contributed by atoms with E-state index in [0.29, 0.717) is 22.6 Å². The number of nitrogen functional groups attached to an aromatic ring is 1. The molecule has 2 aromatic carbocycles. The highest BCUT2D eigenvalue weighted by Crippen LogP contribution is 2.28. The molecule has 0 saturated carbocycles. The lowest BCUT2D eigenvalue weighted by atomic mass is 10.1. The van der Waals surface area contributed by atoms with Crippen LogP contribution in [0.5, 0.6) is 0 Å². The monoisotopic (exact) mass is 385 g/mol. The molecule has 2 aromatic heterocycles. The van der Waals surface area contributed by atoms with Crippen molar-refractivity contribution in [3.8, 4) is 22.5 Å². The third-order valence-electron chi connectivity index (χ3n) is 4.22. The van der Waals surface area contributed by atoms with E-state index in [9.17, 15) is 0 Å². The molecule has 5 nitrogen and oxygen atoms in total. The summed E-state index contributed by atoms with van der Waals surface area (Å²) >= 11 is 1.53. The van der Waals surface area contributed by atoms with Crippen molar-refractivity contribution in [2.24, 2.45) is 0 Å². The van der Waals surface area contributed by atoms with Crippen LogP contribution in [0.25, 0.3) is 22.5 Å². The zero-order chi connectivity index (χ0) is 19.3. The summed E-state index contributed by atoms with van der Waals surface area (Å²) in [5, 5.41) is 0.695. The number of nitrogens with two attached hydrogens (primary N) is 1. The minimum absolute atomic E-state index is 0.502. The summed E-state index contributed by atoms with van der Waals surface area (Å²) in [7, 11) is 0. The van der Waals surface area contributed by atoms with Gasteiger partial charge in [-0.05, 0) is 13.0 Å². The van der Waals surface area contributed by atoms with Gasteiger partial charge >= 0.3 is 0 Å². The maximum absolute atomic E-state index is 6.02. The second-order valence-electron chi connectivity index (χ2n) is 6.27. The zero-order valence-corrected chi connectivity index (χ0v) is 16.2. The minimum Gasteiger partial charge on any atom is -0.383 e. The molecular formula is C22H19N5S. The molecule has 28 heavy (non-hydrogen) atoms. The van der Waals surface area contributed by atoms with Crippen molar-refractivity contribution in [1.29, 1.82) is 0 Å². The molecule has 0 atom stereocenters. The van der Waals surface area contributed by atoms with E-state index in [1.165, 1.54) is 11.8 Å². The summed E-state index contributed by atoms with van der Waals surface area (Å²) in [6.45, 7) is 1.83. The number of nitrogens with zero attached hydrogens (tertiary/aromatic N) is 4. The van der Waals surface area contributed by atoms with Crippen molar-refractivity contribution in [2.75, 3.05) is 5.73 Å². The zero-order valence-electron chi connectivity index (χ0n) is 15.4. The average Bonchev–Trinajstić information content (AvgIpc) is 2.74. The highest BCUT2D eigenvalue weighted by Gasteiger charge is 2.10. The maximum atomic E-state index is 6.02. The first-order valence-corrected chi connectivity index (χ1v) is 9.88. The Morgan fingerprint density at radius 1 is 0.821 bits per heavy atom. The lowest BCUT2D eigenvalue weighted by molar-refractivity contribution is 0.975. The van der Waals surface area contributed by atoms with Crippen LogP contribution >= 0.6 is 11.8 Å². The highest BCUT2D eigenvalue weighted by atomic mass is 32.2. The number of benzene rings is 2. The third kappa shape index (κ3) is 4.18. The predicted octanol–water partition coefficient (Wildman–Crippen LogP) is 4.78. The Kier molecular flexibility index (Phi) is 5.30. The summed E-state index contributed by atoms with van der Waals surface area (Å²) in [5.41, 5.74) is 10.8. The van der Waals surface area contributed by atoms with Gasteiger partial charge in [0, 0.05) is 28.6 Å². The smallest absolute Gasteiger partial charge is 0.189 e. The molecule has 2 N–H and O–H groups in total. The van der Waals surface area contributed by atoms with E-state index in [1.807, 2.05) is 49.4 Å². The van der Waals surface area contributed by atoms with Crippen LogP contribution in [0.1, 0.15) is 11.4 Å². The molecule has 4 rings (SSSR count). The van der Waals surface area contributed by atoms with E-state index < -0.39 is 0 Å². The van der Waals surface area contributed by atoms with Crippen LogP contribution in [0.2, 0.25) is 0 Å². The fourth-order valence-corrected chi connectivity index (χ4v) is 3.60. The van der Waals surface area contributed by atoms with Crippen LogP contribution in [0.3, 0.4) is 0 Å². The van der Waals surface area contributed by atoms with Crippen LogP contribution in [-0.2, 0) is 5.75 Å². The number of anilines is 1. The lowest BCUT2D eigenvalue weighted by Gasteiger charge is -2.09. The quantitative estimate of drug-likeness (QED) is 0.393. The average molecular weight is 385 g/mol. The Bertz CT molecular complexity index is 1030. The fraction of sp³-hybridized carbons (Fsp3) is 0.0909. The first-order valence-electron chi connectivity index (χ1n) is 8.90. The van der Waals surface area contributed by atoms with E-state index in [4.69, 9.17) is 15.7 Å². The largest absolute Gasteiger partial charge is 0.383 e. The normalized spacial score (nSPS) is 10.8. The van der Waals surface area contributed by atoms with E-state index in [-0.39, 0.29) is 0 Å². The van der Waals surface area contributed by atoms with Gasteiger partial charge in [-0.2, -0.15) is 0 Å². The molecule has 4 aromatic rings. The first kappa shape index (κ1) is 18.1. The van der Waals surface area contributed by atoms with Gasteiger partial charge in [0.1, 0.15) is 11.6 Å². The van der Waals surface area contributed by atoms with Gasteiger partial charge in [-0.25, -0.2) is 19.9 Å². The Morgan fingerprint density at radius 2 is 1.39 bits per heavy atom. The Hall–Kier alpha value is -3.25. The molecule has 6 heteroatoms. The molecule has 0 aliphatic rings. The second-order valence-corrected chi connectivity index (χ2v) is 7.21. The third-order valence-corrected chi connectivity index (χ3v) is 5.12. The molecule has 0 aliphatic heterocycles. The van der Waals surface area contributed by atoms with E-state index in [1.54, 1.807) is 6.20 Å². The molecular weight excluding hydrogens is 366 g/mol. The number of aromatic nitrogens is 4. The first-order chi connectivity index (χ1) is 13.7. The van der Waals surface area contributed by atoms with Crippen molar-refractivity contribution in [2.45, 2.75) is 17.8 Å². The lowest BCUT2D eigenvalue weighted by Crippen LogP contribution is -2.01. The van der Waals surface area contributed by atoms with Crippen LogP contribution in [0.4, 0.5) is 5.82 Å². The molecule has 2 heterocycles. The Labute approximate surface area is 168 Å². The van der Waals surface area contributed by atoms with Crippen molar-refractivity contribution >= 4 is 17.6 Å². The SMILES string of the molecule is Cc1ncc(CSc2nc(-c3ccccc3)cc(-c3ccccc3)n2)c(N)n1. The molecule has 0 bridgehead atoms. The van der Waals surface area contributed by atoms with Crippen LogP contribution in [0, 0.1) is 6.92 Å².